The molecule has 2 nitrogen and oxygen atoms in total. The molecular formula is C15H31NO. The summed E-state index contributed by atoms with van der Waals surface area (Å²) in [6, 6.07) is 0. The molecular weight excluding hydrogens is 210 g/mol. The van der Waals surface area contributed by atoms with E-state index in [2.05, 4.69) is 34.6 Å². The standard InChI is InChI=1S/C15H31NO/c1-6-10-14(4)12-9-13(8-3)15(5,11-7-2)16(14)17/h13,17H,6-12H2,1-5H3. The van der Waals surface area contributed by atoms with Crippen molar-refractivity contribution in [1.29, 1.82) is 0 Å². The van der Waals surface area contributed by atoms with Crippen LogP contribution in [-0.2, 0) is 0 Å². The molecule has 0 bridgehead atoms. The van der Waals surface area contributed by atoms with Crippen LogP contribution >= 0.6 is 0 Å². The summed E-state index contributed by atoms with van der Waals surface area (Å²) in [6.07, 6.45) is 8.06. The summed E-state index contributed by atoms with van der Waals surface area (Å²) in [6.45, 7) is 11.2. The van der Waals surface area contributed by atoms with Crippen molar-refractivity contribution in [3.8, 4) is 0 Å². The molecule has 0 aromatic carbocycles. The molecule has 0 saturated carbocycles. The van der Waals surface area contributed by atoms with Crippen molar-refractivity contribution in [3.05, 3.63) is 0 Å². The number of hydroxylamine groups is 2. The Kier molecular flexibility index (Phi) is 5.03. The zero-order valence-electron chi connectivity index (χ0n) is 12.4. The molecule has 3 atom stereocenters. The second-order valence-corrected chi connectivity index (χ2v) is 6.31. The van der Waals surface area contributed by atoms with Gasteiger partial charge in [-0.3, -0.25) is 0 Å². The van der Waals surface area contributed by atoms with Gasteiger partial charge in [0.15, 0.2) is 0 Å². The summed E-state index contributed by atoms with van der Waals surface area (Å²) in [7, 11) is 0. The highest BCUT2D eigenvalue weighted by Gasteiger charge is 2.49. The summed E-state index contributed by atoms with van der Waals surface area (Å²) in [5.74, 6) is 0.636. The molecule has 102 valence electrons. The van der Waals surface area contributed by atoms with Gasteiger partial charge in [0.2, 0.25) is 0 Å². The van der Waals surface area contributed by atoms with Crippen LogP contribution in [0.15, 0.2) is 0 Å². The lowest BCUT2D eigenvalue weighted by molar-refractivity contribution is -0.273. The average Bonchev–Trinajstić information content (AvgIpc) is 2.28. The SMILES string of the molecule is CCCC1(C)CCC(CC)C(C)(CCC)N1O. The van der Waals surface area contributed by atoms with E-state index < -0.39 is 0 Å². The van der Waals surface area contributed by atoms with E-state index in [0.717, 1.165) is 32.1 Å². The van der Waals surface area contributed by atoms with Gasteiger partial charge in [0.1, 0.15) is 0 Å². The molecule has 0 aromatic heterocycles. The summed E-state index contributed by atoms with van der Waals surface area (Å²) >= 11 is 0. The molecule has 1 aliphatic heterocycles. The molecule has 3 unspecified atom stereocenters. The Morgan fingerprint density at radius 1 is 1.12 bits per heavy atom. The van der Waals surface area contributed by atoms with E-state index in [1.807, 2.05) is 0 Å². The first-order valence-corrected chi connectivity index (χ1v) is 7.43. The van der Waals surface area contributed by atoms with Crippen LogP contribution in [0.5, 0.6) is 0 Å². The van der Waals surface area contributed by atoms with Crippen molar-refractivity contribution >= 4 is 0 Å². The molecule has 1 aliphatic rings. The first-order chi connectivity index (χ1) is 7.94. The van der Waals surface area contributed by atoms with E-state index >= 15 is 0 Å². The highest BCUT2D eigenvalue weighted by Crippen LogP contribution is 2.46. The number of hydrogen-bond donors (Lipinski definition) is 1. The predicted molar refractivity (Wildman–Crippen MR) is 73.3 cm³/mol. The van der Waals surface area contributed by atoms with Crippen LogP contribution in [0.25, 0.3) is 0 Å². The van der Waals surface area contributed by atoms with Crippen molar-refractivity contribution in [1.82, 2.24) is 5.06 Å². The monoisotopic (exact) mass is 241 g/mol. The van der Waals surface area contributed by atoms with Crippen LogP contribution in [-0.4, -0.2) is 21.3 Å². The maximum absolute atomic E-state index is 10.7. The zero-order chi connectivity index (χ0) is 13.1. The quantitative estimate of drug-likeness (QED) is 0.759. The van der Waals surface area contributed by atoms with E-state index in [9.17, 15) is 5.21 Å². The maximum atomic E-state index is 10.7. The molecule has 1 heterocycles. The molecule has 0 spiro atoms. The third-order valence-corrected chi connectivity index (χ3v) is 4.94. The van der Waals surface area contributed by atoms with Gasteiger partial charge < -0.3 is 5.21 Å². The minimum atomic E-state index is -0.0222. The van der Waals surface area contributed by atoms with E-state index in [0.29, 0.717) is 5.92 Å². The maximum Gasteiger partial charge on any atom is 0.0466 e. The molecule has 0 amide bonds. The summed E-state index contributed by atoms with van der Waals surface area (Å²) < 4.78 is 0. The first-order valence-electron chi connectivity index (χ1n) is 7.43. The minimum absolute atomic E-state index is 0.00958. The van der Waals surface area contributed by atoms with E-state index in [1.54, 1.807) is 5.06 Å². The molecule has 2 heteroatoms. The molecule has 17 heavy (non-hydrogen) atoms. The second-order valence-electron chi connectivity index (χ2n) is 6.31. The fourth-order valence-corrected chi connectivity index (χ4v) is 3.92. The molecule has 0 aliphatic carbocycles. The summed E-state index contributed by atoms with van der Waals surface area (Å²) in [5.41, 5.74) is -0.0317. The van der Waals surface area contributed by atoms with Gasteiger partial charge in [0.05, 0.1) is 0 Å². The fourth-order valence-electron chi connectivity index (χ4n) is 3.92. The first kappa shape index (κ1) is 15.0. The van der Waals surface area contributed by atoms with Gasteiger partial charge in [-0.2, -0.15) is 5.06 Å². The number of hydrogen-bond acceptors (Lipinski definition) is 2. The molecule has 1 saturated heterocycles. The summed E-state index contributed by atoms with van der Waals surface area (Å²) in [5, 5.41) is 12.5. The third kappa shape index (κ3) is 2.68. The highest BCUT2D eigenvalue weighted by molar-refractivity contribution is 5.01. The Labute approximate surface area is 107 Å². The molecule has 0 radical (unpaired) electrons. The van der Waals surface area contributed by atoms with Gasteiger partial charge in [-0.15, -0.1) is 0 Å². The van der Waals surface area contributed by atoms with Gasteiger partial charge in [-0.05, 0) is 45.4 Å². The van der Waals surface area contributed by atoms with Gasteiger partial charge in [-0.1, -0.05) is 40.0 Å². The molecule has 1 N–H and O–H groups in total. The Balaban J connectivity index is 2.94. The van der Waals surface area contributed by atoms with Crippen molar-refractivity contribution < 1.29 is 5.21 Å². The topological polar surface area (TPSA) is 23.5 Å². The molecule has 1 fully saturated rings. The average molecular weight is 241 g/mol. The number of piperidine rings is 1. The van der Waals surface area contributed by atoms with Crippen LogP contribution in [0.3, 0.4) is 0 Å². The Morgan fingerprint density at radius 2 is 1.71 bits per heavy atom. The zero-order valence-corrected chi connectivity index (χ0v) is 12.4. The predicted octanol–water partition coefficient (Wildman–Crippen LogP) is 4.62. The normalized spacial score (nSPS) is 39.5. The van der Waals surface area contributed by atoms with Gasteiger partial charge in [0.25, 0.3) is 0 Å². The van der Waals surface area contributed by atoms with Crippen LogP contribution in [0.4, 0.5) is 0 Å². The molecule has 1 rings (SSSR count). The van der Waals surface area contributed by atoms with Crippen LogP contribution < -0.4 is 0 Å². The van der Waals surface area contributed by atoms with Crippen molar-refractivity contribution in [3.63, 3.8) is 0 Å². The smallest absolute Gasteiger partial charge is 0.0466 e. The van der Waals surface area contributed by atoms with Gasteiger partial charge in [-0.25, -0.2) is 0 Å². The van der Waals surface area contributed by atoms with Gasteiger partial charge >= 0.3 is 0 Å². The van der Waals surface area contributed by atoms with Crippen molar-refractivity contribution in [2.24, 2.45) is 5.92 Å². The fraction of sp³-hybridized carbons (Fsp3) is 1.00. The van der Waals surface area contributed by atoms with Crippen LogP contribution in [0.1, 0.15) is 79.6 Å². The van der Waals surface area contributed by atoms with E-state index in [4.69, 9.17) is 0 Å². The highest BCUT2D eigenvalue weighted by atomic mass is 16.5. The summed E-state index contributed by atoms with van der Waals surface area (Å²) in [4.78, 5) is 0. The lowest BCUT2D eigenvalue weighted by Gasteiger charge is -2.56. The lowest BCUT2D eigenvalue weighted by Crippen LogP contribution is -2.63. The van der Waals surface area contributed by atoms with Crippen LogP contribution in [0.2, 0.25) is 0 Å². The number of rotatable bonds is 5. The Bertz CT molecular complexity index is 243. The number of nitrogens with zero attached hydrogens (tertiary/aromatic N) is 1. The minimum Gasteiger partial charge on any atom is -0.313 e. The molecule has 0 aromatic rings. The van der Waals surface area contributed by atoms with E-state index in [1.165, 1.54) is 12.8 Å². The Morgan fingerprint density at radius 3 is 2.18 bits per heavy atom. The van der Waals surface area contributed by atoms with E-state index in [-0.39, 0.29) is 11.1 Å². The van der Waals surface area contributed by atoms with Crippen LogP contribution in [0, 0.1) is 5.92 Å². The largest absolute Gasteiger partial charge is 0.313 e. The lowest BCUT2D eigenvalue weighted by atomic mass is 9.68. The van der Waals surface area contributed by atoms with Crippen molar-refractivity contribution in [2.75, 3.05) is 0 Å². The second kappa shape index (κ2) is 5.71. The Hall–Kier alpha value is -0.0800. The van der Waals surface area contributed by atoms with Crippen molar-refractivity contribution in [2.45, 2.75) is 90.6 Å². The third-order valence-electron chi connectivity index (χ3n) is 4.94. The van der Waals surface area contributed by atoms with Gasteiger partial charge in [0, 0.05) is 11.1 Å².